The Labute approximate surface area is 239 Å². The fraction of sp³-hybridized carbons (Fsp3) is 0.517. The number of nitrogens with zero attached hydrogens (tertiary/aromatic N) is 1. The summed E-state index contributed by atoms with van der Waals surface area (Å²) in [5, 5.41) is 17.4. The first-order chi connectivity index (χ1) is 19.4. The van der Waals surface area contributed by atoms with E-state index < -0.39 is 59.8 Å². The van der Waals surface area contributed by atoms with Gasteiger partial charge in [-0.05, 0) is 30.5 Å². The lowest BCUT2D eigenvalue weighted by molar-refractivity contribution is -0.143. The van der Waals surface area contributed by atoms with Crippen molar-refractivity contribution in [3.8, 4) is 5.75 Å². The molecule has 5 atom stereocenters. The van der Waals surface area contributed by atoms with Crippen molar-refractivity contribution in [2.75, 3.05) is 13.2 Å². The summed E-state index contributed by atoms with van der Waals surface area (Å²) < 4.78 is 5.72. The molecular weight excluding hydrogens is 532 g/mol. The van der Waals surface area contributed by atoms with Gasteiger partial charge in [0, 0.05) is 32.7 Å². The standard InChI is InChI=1S/C29H40N4O8/c1-6-11-41-23-14-25(28(39)31-21(16-34)12-18(4)35)33(15-23)29(40)26(17(2)3)32-27(38)24(30-19(5)36)13-20-7-9-22(37)10-8-20/h6-10,16-17,21,23-26,37H,1,11-15H2,2-5H3,(H,30,36)(H,31,39)(H,32,38)/t21-,23+,24-,25?,26-/m0/s1. The van der Waals surface area contributed by atoms with E-state index in [0.717, 1.165) is 0 Å². The number of aromatic hydroxyl groups is 1. The number of benzene rings is 1. The molecule has 1 unspecified atom stereocenters. The van der Waals surface area contributed by atoms with Gasteiger partial charge in [-0.2, -0.15) is 0 Å². The molecule has 1 fully saturated rings. The summed E-state index contributed by atoms with van der Waals surface area (Å²) in [7, 11) is 0. The van der Waals surface area contributed by atoms with Crippen LogP contribution in [-0.4, -0.2) is 89.1 Å². The molecule has 1 aromatic rings. The maximum absolute atomic E-state index is 13.8. The van der Waals surface area contributed by atoms with Crippen molar-refractivity contribution in [2.24, 2.45) is 5.92 Å². The number of amides is 4. The lowest BCUT2D eigenvalue weighted by Crippen LogP contribution is -2.59. The Bertz CT molecular complexity index is 1120. The number of rotatable bonds is 15. The van der Waals surface area contributed by atoms with E-state index in [1.54, 1.807) is 32.1 Å². The van der Waals surface area contributed by atoms with Gasteiger partial charge in [-0.15, -0.1) is 6.58 Å². The highest BCUT2D eigenvalue weighted by molar-refractivity contribution is 5.95. The second kappa shape index (κ2) is 15.7. The van der Waals surface area contributed by atoms with E-state index in [1.165, 1.54) is 30.9 Å². The van der Waals surface area contributed by atoms with Gasteiger partial charge in [0.2, 0.25) is 23.6 Å². The van der Waals surface area contributed by atoms with Gasteiger partial charge in [-0.3, -0.25) is 24.0 Å². The quantitative estimate of drug-likeness (QED) is 0.173. The maximum atomic E-state index is 13.8. The van der Waals surface area contributed by atoms with Gasteiger partial charge in [0.1, 0.15) is 35.9 Å². The highest BCUT2D eigenvalue weighted by atomic mass is 16.5. The SMILES string of the molecule is C=CCO[C@@H]1CC(C(=O)N[C@H](C=O)CC(C)=O)N(C(=O)[C@@H](NC(=O)[C@H](Cc2ccc(O)cc2)NC(C)=O)C(C)C)C1. The van der Waals surface area contributed by atoms with Crippen LogP contribution in [0, 0.1) is 5.92 Å². The fourth-order valence-corrected chi connectivity index (χ4v) is 4.60. The minimum absolute atomic E-state index is 0.0556. The lowest BCUT2D eigenvalue weighted by atomic mass is 10.00. The number of likely N-dealkylation sites (tertiary alicyclic amines) is 1. The van der Waals surface area contributed by atoms with Crippen LogP contribution in [0.2, 0.25) is 0 Å². The molecule has 12 nitrogen and oxygen atoms in total. The normalized spacial score (nSPS) is 18.6. The number of carbonyl (C=O) groups excluding carboxylic acids is 6. The smallest absolute Gasteiger partial charge is 0.246 e. The number of ether oxygens (including phenoxy) is 1. The number of aldehydes is 1. The Morgan fingerprint density at radius 3 is 2.29 bits per heavy atom. The van der Waals surface area contributed by atoms with Gasteiger partial charge in [-0.1, -0.05) is 32.1 Å². The molecule has 0 aliphatic carbocycles. The van der Waals surface area contributed by atoms with E-state index in [4.69, 9.17) is 4.74 Å². The Morgan fingerprint density at radius 1 is 1.10 bits per heavy atom. The molecule has 41 heavy (non-hydrogen) atoms. The first-order valence-corrected chi connectivity index (χ1v) is 13.5. The Morgan fingerprint density at radius 2 is 1.76 bits per heavy atom. The van der Waals surface area contributed by atoms with Crippen LogP contribution in [0.25, 0.3) is 0 Å². The van der Waals surface area contributed by atoms with Crippen LogP contribution < -0.4 is 16.0 Å². The first-order valence-electron chi connectivity index (χ1n) is 13.5. The topological polar surface area (TPSA) is 171 Å². The Kier molecular flexibility index (Phi) is 12.7. The molecule has 0 saturated carbocycles. The molecule has 224 valence electrons. The van der Waals surface area contributed by atoms with Crippen LogP contribution in [0.1, 0.15) is 46.1 Å². The summed E-state index contributed by atoms with van der Waals surface area (Å²) in [5.41, 5.74) is 0.679. The third-order valence-corrected chi connectivity index (χ3v) is 6.60. The molecule has 1 aliphatic heterocycles. The van der Waals surface area contributed by atoms with Crippen molar-refractivity contribution < 1.29 is 38.6 Å². The van der Waals surface area contributed by atoms with Gasteiger partial charge in [-0.25, -0.2) is 0 Å². The molecule has 12 heteroatoms. The summed E-state index contributed by atoms with van der Waals surface area (Å²) in [6.07, 6.45) is 1.59. The summed E-state index contributed by atoms with van der Waals surface area (Å²) in [6.45, 7) is 9.93. The van der Waals surface area contributed by atoms with E-state index >= 15 is 0 Å². The lowest BCUT2D eigenvalue weighted by Gasteiger charge is -2.31. The maximum Gasteiger partial charge on any atom is 0.246 e. The molecule has 1 aromatic carbocycles. The Balaban J connectivity index is 2.28. The molecule has 4 amide bonds. The van der Waals surface area contributed by atoms with Crippen molar-refractivity contribution in [2.45, 2.75) is 77.2 Å². The molecular formula is C29H40N4O8. The van der Waals surface area contributed by atoms with Gasteiger partial charge < -0.3 is 35.5 Å². The predicted octanol–water partition coefficient (Wildman–Crippen LogP) is 0.415. The number of Topliss-reactive ketones (excluding diaryl/α,β-unsaturated/α-hetero) is 1. The summed E-state index contributed by atoms with van der Waals surface area (Å²) in [5.74, 6) is -2.79. The minimum Gasteiger partial charge on any atom is -0.508 e. The molecule has 2 rings (SSSR count). The summed E-state index contributed by atoms with van der Waals surface area (Å²) in [6, 6.07) is 2.08. The van der Waals surface area contributed by atoms with E-state index in [2.05, 4.69) is 22.5 Å². The summed E-state index contributed by atoms with van der Waals surface area (Å²) >= 11 is 0. The molecule has 0 spiro atoms. The van der Waals surface area contributed by atoms with Crippen LogP contribution in [0.4, 0.5) is 0 Å². The first kappa shape index (κ1) is 33.1. The molecule has 1 aliphatic rings. The highest BCUT2D eigenvalue weighted by Crippen LogP contribution is 2.24. The number of hydrogen-bond acceptors (Lipinski definition) is 8. The van der Waals surface area contributed by atoms with E-state index in [9.17, 15) is 33.9 Å². The van der Waals surface area contributed by atoms with Crippen LogP contribution in [0.5, 0.6) is 5.75 Å². The molecule has 0 radical (unpaired) electrons. The van der Waals surface area contributed by atoms with Crippen LogP contribution in [0.15, 0.2) is 36.9 Å². The monoisotopic (exact) mass is 572 g/mol. The molecule has 0 bridgehead atoms. The fourth-order valence-electron chi connectivity index (χ4n) is 4.60. The number of nitrogens with one attached hydrogen (secondary N) is 3. The van der Waals surface area contributed by atoms with Crippen molar-refractivity contribution in [3.05, 3.63) is 42.5 Å². The number of phenols is 1. The number of ketones is 1. The largest absolute Gasteiger partial charge is 0.508 e. The van der Waals surface area contributed by atoms with Crippen molar-refractivity contribution in [1.29, 1.82) is 0 Å². The van der Waals surface area contributed by atoms with Gasteiger partial charge >= 0.3 is 0 Å². The third-order valence-electron chi connectivity index (χ3n) is 6.60. The number of phenolic OH excluding ortho intramolecular Hbond substituents is 1. The second-order valence-electron chi connectivity index (χ2n) is 10.5. The molecule has 0 aromatic heterocycles. The Hall–Kier alpha value is -4.06. The van der Waals surface area contributed by atoms with Gasteiger partial charge in [0.25, 0.3) is 0 Å². The van der Waals surface area contributed by atoms with Crippen molar-refractivity contribution in [1.82, 2.24) is 20.9 Å². The summed E-state index contributed by atoms with van der Waals surface area (Å²) in [4.78, 5) is 76.5. The number of carbonyl (C=O) groups is 6. The average molecular weight is 573 g/mol. The zero-order valence-corrected chi connectivity index (χ0v) is 23.9. The van der Waals surface area contributed by atoms with Crippen LogP contribution in [0.3, 0.4) is 0 Å². The predicted molar refractivity (Wildman–Crippen MR) is 150 cm³/mol. The zero-order valence-electron chi connectivity index (χ0n) is 23.9. The van der Waals surface area contributed by atoms with Gasteiger partial charge in [0.05, 0.1) is 18.8 Å². The van der Waals surface area contributed by atoms with E-state index in [0.29, 0.717) is 11.8 Å². The molecule has 4 N–H and O–H groups in total. The van der Waals surface area contributed by atoms with Crippen molar-refractivity contribution in [3.63, 3.8) is 0 Å². The van der Waals surface area contributed by atoms with Crippen LogP contribution >= 0.6 is 0 Å². The van der Waals surface area contributed by atoms with Gasteiger partial charge in [0.15, 0.2) is 0 Å². The average Bonchev–Trinajstić information content (AvgIpc) is 3.34. The minimum atomic E-state index is -1.05. The van der Waals surface area contributed by atoms with E-state index in [1.807, 2.05) is 0 Å². The highest BCUT2D eigenvalue weighted by Gasteiger charge is 2.43. The third kappa shape index (κ3) is 10.1. The zero-order chi connectivity index (χ0) is 30.7. The van der Waals surface area contributed by atoms with E-state index in [-0.39, 0.29) is 43.9 Å². The van der Waals surface area contributed by atoms with Crippen molar-refractivity contribution >= 4 is 35.7 Å². The molecule has 1 saturated heterocycles. The van der Waals surface area contributed by atoms with Crippen LogP contribution in [-0.2, 0) is 39.9 Å². The number of hydrogen-bond donors (Lipinski definition) is 4. The molecule has 1 heterocycles. The second-order valence-corrected chi connectivity index (χ2v) is 10.5.